The summed E-state index contributed by atoms with van der Waals surface area (Å²) in [7, 11) is 0. The van der Waals surface area contributed by atoms with Crippen LogP contribution in [-0.4, -0.2) is 16.1 Å². The van der Waals surface area contributed by atoms with Crippen LogP contribution in [0.25, 0.3) is 0 Å². The van der Waals surface area contributed by atoms with Crippen LogP contribution in [0.1, 0.15) is 71.1 Å². The largest absolute Gasteiger partial charge is 0.291 e. The van der Waals surface area contributed by atoms with Gasteiger partial charge < -0.3 is 0 Å². The highest BCUT2D eigenvalue weighted by molar-refractivity contribution is 5.50. The highest BCUT2D eigenvalue weighted by Crippen LogP contribution is 2.12. The Morgan fingerprint density at radius 3 is 2.00 bits per heavy atom. The van der Waals surface area contributed by atoms with Gasteiger partial charge in [-0.25, -0.2) is 0 Å². The summed E-state index contributed by atoms with van der Waals surface area (Å²) in [6.45, 7) is 1.99. The molecule has 27 heavy (non-hydrogen) atoms. The van der Waals surface area contributed by atoms with Gasteiger partial charge in [0.1, 0.15) is 0 Å². The number of rotatable bonds is 16. The molecule has 0 N–H and O–H groups in total. The molecule has 0 aromatic rings. The summed E-state index contributed by atoms with van der Waals surface area (Å²) >= 11 is 0. The fourth-order valence-electron chi connectivity index (χ4n) is 2.30. The van der Waals surface area contributed by atoms with Crippen LogP contribution >= 0.6 is 0 Å². The molecule has 0 bridgehead atoms. The first-order valence-corrected chi connectivity index (χ1v) is 9.34. The summed E-state index contributed by atoms with van der Waals surface area (Å²) in [6.07, 6.45) is 18.2. The summed E-state index contributed by atoms with van der Waals surface area (Å²) in [5, 5.41) is 22.1. The van der Waals surface area contributed by atoms with E-state index in [-0.39, 0.29) is 24.2 Å². The predicted octanol–water partition coefficient (Wildman–Crippen LogP) is 5.45. The average molecular weight is 377 g/mol. The molecule has 0 heterocycles. The zero-order valence-corrected chi connectivity index (χ0v) is 16.0. The Labute approximate surface area is 160 Å². The lowest BCUT2D eigenvalue weighted by molar-refractivity contribution is -0.427. The third-order valence-corrected chi connectivity index (χ3v) is 3.79. The summed E-state index contributed by atoms with van der Waals surface area (Å²) in [5.74, 6) is 0. The number of carbonyl (C=O) groups excluding carboxylic acids is 1. The Balaban J connectivity index is 4.42. The number of allylic oxidation sites excluding steroid dienone is 6. The minimum absolute atomic E-state index is 0.0891. The van der Waals surface area contributed by atoms with Gasteiger partial charge in [0.15, 0.2) is 6.29 Å². The van der Waals surface area contributed by atoms with Gasteiger partial charge in [-0.15, -0.1) is 0 Å². The molecule has 0 fully saturated rings. The second-order valence-corrected chi connectivity index (χ2v) is 6.00. The normalized spacial score (nSPS) is 12.8. The van der Waals surface area contributed by atoms with Gasteiger partial charge in [0, 0.05) is 6.42 Å². The molecule has 0 aromatic heterocycles. The van der Waals surface area contributed by atoms with Crippen molar-refractivity contribution >= 4 is 6.29 Å². The van der Waals surface area contributed by atoms with Gasteiger partial charge in [0.2, 0.25) is 11.4 Å². The summed E-state index contributed by atoms with van der Waals surface area (Å²) in [6, 6.07) is 0. The Morgan fingerprint density at radius 1 is 0.852 bits per heavy atom. The second kappa shape index (κ2) is 16.9. The van der Waals surface area contributed by atoms with Crippen molar-refractivity contribution < 1.29 is 14.6 Å². The molecule has 7 nitrogen and oxygen atoms in total. The molecule has 0 aliphatic heterocycles. The lowest BCUT2D eigenvalue weighted by Gasteiger charge is -1.98. The van der Waals surface area contributed by atoms with Crippen LogP contribution in [0.2, 0.25) is 0 Å². The predicted molar refractivity (Wildman–Crippen MR) is 106 cm³/mol. The average Bonchev–Trinajstić information content (AvgIpc) is 2.63. The van der Waals surface area contributed by atoms with Crippen molar-refractivity contribution in [3.63, 3.8) is 0 Å². The number of unbranched alkanes of at least 4 members (excludes halogenated alkanes) is 5. The molecule has 0 saturated heterocycles. The first-order chi connectivity index (χ1) is 13.0. The lowest BCUT2D eigenvalue weighted by atomic mass is 10.1. The van der Waals surface area contributed by atoms with Crippen molar-refractivity contribution in [3.8, 4) is 0 Å². The van der Waals surface area contributed by atoms with Gasteiger partial charge in [0.05, 0.1) is 22.7 Å². The molecule has 0 aromatic carbocycles. The minimum atomic E-state index is -0.420. The van der Waals surface area contributed by atoms with E-state index in [4.69, 9.17) is 0 Å². The molecular formula is C20H29N2O5. The van der Waals surface area contributed by atoms with E-state index in [9.17, 15) is 25.0 Å². The highest BCUT2D eigenvalue weighted by Gasteiger charge is 2.09. The topological polar surface area (TPSA) is 103 Å². The van der Waals surface area contributed by atoms with Crippen molar-refractivity contribution in [3.05, 3.63) is 68.1 Å². The monoisotopic (exact) mass is 377 g/mol. The fourth-order valence-corrected chi connectivity index (χ4v) is 2.30. The van der Waals surface area contributed by atoms with Crippen LogP contribution < -0.4 is 0 Å². The molecule has 0 rings (SSSR count). The maximum atomic E-state index is 11.1. The van der Waals surface area contributed by atoms with E-state index >= 15 is 0 Å². The molecule has 149 valence electrons. The van der Waals surface area contributed by atoms with Gasteiger partial charge in [-0.05, 0) is 44.3 Å². The van der Waals surface area contributed by atoms with E-state index in [0.717, 1.165) is 32.1 Å². The zero-order valence-electron chi connectivity index (χ0n) is 16.0. The van der Waals surface area contributed by atoms with Gasteiger partial charge in [-0.2, -0.15) is 0 Å². The summed E-state index contributed by atoms with van der Waals surface area (Å²) in [5.41, 5.74) is 0.191. The molecule has 0 amide bonds. The Morgan fingerprint density at radius 2 is 1.44 bits per heavy atom. The zero-order chi connectivity index (χ0) is 20.3. The molecular weight excluding hydrogens is 348 g/mol. The van der Waals surface area contributed by atoms with E-state index in [1.54, 1.807) is 24.3 Å². The van der Waals surface area contributed by atoms with Crippen molar-refractivity contribution in [2.45, 2.75) is 71.1 Å². The lowest BCUT2D eigenvalue weighted by Crippen LogP contribution is -1.99. The van der Waals surface area contributed by atoms with Crippen LogP contribution in [0.5, 0.6) is 0 Å². The van der Waals surface area contributed by atoms with Gasteiger partial charge in [-0.3, -0.25) is 25.0 Å². The first-order valence-electron chi connectivity index (χ1n) is 9.34. The maximum absolute atomic E-state index is 11.1. The van der Waals surface area contributed by atoms with E-state index in [1.165, 1.54) is 0 Å². The van der Waals surface area contributed by atoms with Crippen molar-refractivity contribution in [2.75, 3.05) is 0 Å². The highest BCUT2D eigenvalue weighted by atomic mass is 16.6. The van der Waals surface area contributed by atoms with Crippen LogP contribution in [-0.2, 0) is 4.79 Å². The van der Waals surface area contributed by atoms with E-state index in [0.29, 0.717) is 19.3 Å². The molecule has 7 heteroatoms. The first kappa shape index (κ1) is 24.4. The Hall–Kier alpha value is -2.57. The van der Waals surface area contributed by atoms with Crippen LogP contribution in [0.15, 0.2) is 47.9 Å². The van der Waals surface area contributed by atoms with E-state index < -0.39 is 9.85 Å². The van der Waals surface area contributed by atoms with Crippen molar-refractivity contribution in [1.29, 1.82) is 0 Å². The smallest absolute Gasteiger partial charge is 0.246 e. The SMILES string of the molecule is CC/C=C\C/C=C(\C/C=C\C/C(=C\CCCCCC[C]=O)[N+](=O)[O-])[N+](=O)[O-]. The molecule has 0 unspecified atom stereocenters. The van der Waals surface area contributed by atoms with Crippen LogP contribution in [0, 0.1) is 20.2 Å². The van der Waals surface area contributed by atoms with Crippen molar-refractivity contribution in [2.24, 2.45) is 0 Å². The summed E-state index contributed by atoms with van der Waals surface area (Å²) in [4.78, 5) is 31.3. The Bertz CT molecular complexity index is 577. The Kier molecular flexibility index (Phi) is 15.3. The fraction of sp³-hybridized carbons (Fsp3) is 0.550. The maximum Gasteiger partial charge on any atom is 0.246 e. The van der Waals surface area contributed by atoms with E-state index in [2.05, 4.69) is 0 Å². The molecule has 0 aliphatic rings. The molecule has 0 spiro atoms. The van der Waals surface area contributed by atoms with Crippen LogP contribution in [0.3, 0.4) is 0 Å². The number of nitro groups is 2. The number of hydrogen-bond acceptors (Lipinski definition) is 5. The number of nitrogens with zero attached hydrogens (tertiary/aromatic N) is 2. The van der Waals surface area contributed by atoms with Crippen molar-refractivity contribution in [1.82, 2.24) is 0 Å². The molecule has 0 saturated carbocycles. The minimum Gasteiger partial charge on any atom is -0.291 e. The summed E-state index contributed by atoms with van der Waals surface area (Å²) < 4.78 is 0. The van der Waals surface area contributed by atoms with Gasteiger partial charge in [-0.1, -0.05) is 44.1 Å². The van der Waals surface area contributed by atoms with Crippen LogP contribution in [0.4, 0.5) is 0 Å². The second-order valence-electron chi connectivity index (χ2n) is 6.00. The molecule has 1 radical (unpaired) electrons. The van der Waals surface area contributed by atoms with E-state index in [1.807, 2.05) is 25.4 Å². The molecule has 0 atom stereocenters. The third kappa shape index (κ3) is 14.3. The van der Waals surface area contributed by atoms with Gasteiger partial charge >= 0.3 is 0 Å². The van der Waals surface area contributed by atoms with Gasteiger partial charge in [0.25, 0.3) is 0 Å². The third-order valence-electron chi connectivity index (χ3n) is 3.79. The quantitative estimate of drug-likeness (QED) is 0.154. The molecule has 0 aliphatic carbocycles. The number of hydrogen-bond donors (Lipinski definition) is 0. The standard InChI is InChI=1S/C20H29N2O5/c1-2-3-4-9-14-19(21(24)25)16-11-12-17-20(22(26)27)15-10-7-5-6-8-13-18-23/h3-4,11-12,14-15H,2,5-10,13,16-17H2,1H3/b4-3-,12-11-,19-14+,20-15+.